The van der Waals surface area contributed by atoms with Gasteiger partial charge in [0.25, 0.3) is 0 Å². The van der Waals surface area contributed by atoms with Crippen LogP contribution in [0.4, 0.5) is 5.69 Å². The summed E-state index contributed by atoms with van der Waals surface area (Å²) in [6, 6.07) is 5.80. The van der Waals surface area contributed by atoms with Crippen LogP contribution in [0, 0.1) is 21.4 Å². The Kier molecular flexibility index (Phi) is 5.57. The normalized spacial score (nSPS) is 9.78. The Hall–Kier alpha value is -2.17. The van der Waals surface area contributed by atoms with Gasteiger partial charge in [-0.2, -0.15) is 5.26 Å². The summed E-state index contributed by atoms with van der Waals surface area (Å²) in [6.07, 6.45) is 0. The van der Waals surface area contributed by atoms with Gasteiger partial charge in [0.15, 0.2) is 5.75 Å². The fourth-order valence-corrected chi connectivity index (χ4v) is 1.23. The quantitative estimate of drug-likeness (QED) is 0.438. The summed E-state index contributed by atoms with van der Waals surface area (Å²) >= 11 is 0. The highest BCUT2D eigenvalue weighted by Crippen LogP contribution is 2.27. The van der Waals surface area contributed by atoms with Crippen molar-refractivity contribution in [3.05, 3.63) is 33.9 Å². The number of nitrogens with zero attached hydrogens (tertiary/aromatic N) is 2. The van der Waals surface area contributed by atoms with E-state index in [0.29, 0.717) is 0 Å². The summed E-state index contributed by atoms with van der Waals surface area (Å²) in [4.78, 5) is 10.2. The lowest BCUT2D eigenvalue weighted by Gasteiger charge is -2.07. The van der Waals surface area contributed by atoms with Crippen LogP contribution in [0.3, 0.4) is 0 Å². The molecule has 0 heterocycles. The highest BCUT2D eigenvalue weighted by Gasteiger charge is 2.15. The van der Waals surface area contributed by atoms with Gasteiger partial charge in [0.1, 0.15) is 6.61 Å². The molecule has 1 aromatic carbocycles. The number of hydrogen-bond donors (Lipinski definition) is 1. The van der Waals surface area contributed by atoms with Crippen LogP contribution in [0.25, 0.3) is 0 Å². The summed E-state index contributed by atoms with van der Waals surface area (Å²) in [6.45, 7) is 0.459. The van der Waals surface area contributed by atoms with Crippen LogP contribution in [-0.4, -0.2) is 36.5 Å². The Morgan fingerprint density at radius 1 is 1.39 bits per heavy atom. The molecule has 0 aromatic heterocycles. The fourth-order valence-electron chi connectivity index (χ4n) is 1.23. The van der Waals surface area contributed by atoms with Crippen molar-refractivity contribution in [3.8, 4) is 11.8 Å². The maximum absolute atomic E-state index is 10.8. The first-order valence-corrected chi connectivity index (χ1v) is 5.19. The topological polar surface area (TPSA) is 106 Å². The Morgan fingerprint density at radius 2 is 2.17 bits per heavy atom. The van der Waals surface area contributed by atoms with Crippen LogP contribution in [-0.2, 0) is 4.74 Å². The number of aliphatic hydroxyl groups is 1. The summed E-state index contributed by atoms with van der Waals surface area (Å²) in [5.74, 6) is 0.0894. The number of rotatable bonds is 7. The van der Waals surface area contributed by atoms with E-state index in [-0.39, 0.29) is 43.4 Å². The largest absolute Gasteiger partial charge is 0.484 e. The molecule has 0 aliphatic carbocycles. The maximum atomic E-state index is 10.8. The van der Waals surface area contributed by atoms with Gasteiger partial charge < -0.3 is 14.6 Å². The third-order valence-corrected chi connectivity index (χ3v) is 2.01. The molecule has 7 nitrogen and oxygen atoms in total. The molecule has 0 spiro atoms. The molecular formula is C11H12N2O5. The molecule has 0 radical (unpaired) electrons. The van der Waals surface area contributed by atoms with Crippen LogP contribution in [0.15, 0.2) is 18.2 Å². The van der Waals surface area contributed by atoms with E-state index in [2.05, 4.69) is 0 Å². The lowest BCUT2D eigenvalue weighted by molar-refractivity contribution is -0.385. The Labute approximate surface area is 103 Å². The zero-order valence-electron chi connectivity index (χ0n) is 9.54. The van der Waals surface area contributed by atoms with Crippen molar-refractivity contribution in [3.63, 3.8) is 0 Å². The second-order valence-electron chi connectivity index (χ2n) is 3.24. The molecule has 0 aliphatic rings. The Bertz CT molecular complexity index is 455. The maximum Gasteiger partial charge on any atom is 0.312 e. The molecule has 0 amide bonds. The minimum atomic E-state index is -0.606. The van der Waals surface area contributed by atoms with E-state index in [1.54, 1.807) is 0 Å². The van der Waals surface area contributed by atoms with E-state index in [1.165, 1.54) is 12.1 Å². The highest BCUT2D eigenvalue weighted by molar-refractivity contribution is 5.51. The zero-order valence-corrected chi connectivity index (χ0v) is 9.54. The van der Waals surface area contributed by atoms with Crippen molar-refractivity contribution in [2.75, 3.05) is 26.4 Å². The summed E-state index contributed by atoms with van der Waals surface area (Å²) in [5.41, 5.74) is -0.0539. The second kappa shape index (κ2) is 7.21. The summed E-state index contributed by atoms with van der Waals surface area (Å²) in [5, 5.41) is 27.9. The average Bonchev–Trinajstić information content (AvgIpc) is 2.38. The van der Waals surface area contributed by atoms with Gasteiger partial charge in [0.05, 0.1) is 36.4 Å². The van der Waals surface area contributed by atoms with Gasteiger partial charge in [-0.3, -0.25) is 10.1 Å². The van der Waals surface area contributed by atoms with Crippen LogP contribution < -0.4 is 4.74 Å². The molecule has 0 unspecified atom stereocenters. The molecule has 0 saturated carbocycles. The van der Waals surface area contributed by atoms with Crippen molar-refractivity contribution in [2.24, 2.45) is 0 Å². The number of nitriles is 1. The van der Waals surface area contributed by atoms with Gasteiger partial charge in [0.2, 0.25) is 0 Å². The highest BCUT2D eigenvalue weighted by atomic mass is 16.6. The van der Waals surface area contributed by atoms with Crippen LogP contribution in [0.2, 0.25) is 0 Å². The van der Waals surface area contributed by atoms with Gasteiger partial charge in [-0.25, -0.2) is 0 Å². The van der Waals surface area contributed by atoms with Gasteiger partial charge >= 0.3 is 5.69 Å². The average molecular weight is 252 g/mol. The third-order valence-electron chi connectivity index (χ3n) is 2.01. The van der Waals surface area contributed by atoms with Crippen molar-refractivity contribution in [2.45, 2.75) is 0 Å². The predicted molar refractivity (Wildman–Crippen MR) is 61.2 cm³/mol. The fraction of sp³-hybridized carbons (Fsp3) is 0.364. The Balaban J connectivity index is 2.65. The summed E-state index contributed by atoms with van der Waals surface area (Å²) in [7, 11) is 0. The zero-order chi connectivity index (χ0) is 13.4. The van der Waals surface area contributed by atoms with E-state index < -0.39 is 4.92 Å². The molecule has 18 heavy (non-hydrogen) atoms. The van der Waals surface area contributed by atoms with Crippen LogP contribution >= 0.6 is 0 Å². The lowest BCUT2D eigenvalue weighted by atomic mass is 10.2. The van der Waals surface area contributed by atoms with Gasteiger partial charge in [-0.05, 0) is 12.1 Å². The minimum Gasteiger partial charge on any atom is -0.484 e. The second-order valence-corrected chi connectivity index (χ2v) is 3.24. The molecule has 1 aromatic rings. The SMILES string of the molecule is N#Cc1ccc(OCCOCCO)c([N+](=O)[O-])c1. The van der Waals surface area contributed by atoms with Gasteiger partial charge in [0, 0.05) is 6.07 Å². The molecule has 7 heteroatoms. The minimum absolute atomic E-state index is 0.0863. The standard InChI is InChI=1S/C11H12N2O5/c12-8-9-1-2-11(10(7-9)13(15)16)18-6-5-17-4-3-14/h1-2,7,14H,3-6H2. The van der Waals surface area contributed by atoms with Crippen molar-refractivity contribution >= 4 is 5.69 Å². The molecule has 0 saturated heterocycles. The number of nitro benzene ring substituents is 1. The first kappa shape index (κ1) is 13.9. The number of hydrogen-bond acceptors (Lipinski definition) is 6. The predicted octanol–water partition coefficient (Wildman–Crippen LogP) is 0.854. The molecule has 0 atom stereocenters. The Morgan fingerprint density at radius 3 is 2.78 bits per heavy atom. The molecule has 0 aliphatic heterocycles. The van der Waals surface area contributed by atoms with Gasteiger partial charge in [-0.1, -0.05) is 0 Å². The number of ether oxygens (including phenoxy) is 2. The molecule has 1 N–H and O–H groups in total. The molecular weight excluding hydrogens is 240 g/mol. The monoisotopic (exact) mass is 252 g/mol. The number of aliphatic hydroxyl groups excluding tert-OH is 1. The van der Waals surface area contributed by atoms with Crippen molar-refractivity contribution < 1.29 is 19.5 Å². The third kappa shape index (κ3) is 4.01. The van der Waals surface area contributed by atoms with Crippen LogP contribution in [0.1, 0.15) is 5.56 Å². The van der Waals surface area contributed by atoms with E-state index in [9.17, 15) is 10.1 Å². The summed E-state index contributed by atoms with van der Waals surface area (Å²) < 4.78 is 10.1. The number of nitro groups is 1. The van der Waals surface area contributed by atoms with Crippen molar-refractivity contribution in [1.82, 2.24) is 0 Å². The van der Waals surface area contributed by atoms with E-state index in [4.69, 9.17) is 19.8 Å². The van der Waals surface area contributed by atoms with E-state index in [1.807, 2.05) is 6.07 Å². The van der Waals surface area contributed by atoms with E-state index in [0.717, 1.165) is 6.07 Å². The first-order valence-electron chi connectivity index (χ1n) is 5.19. The smallest absolute Gasteiger partial charge is 0.312 e. The van der Waals surface area contributed by atoms with Crippen molar-refractivity contribution in [1.29, 1.82) is 5.26 Å². The molecule has 0 bridgehead atoms. The first-order chi connectivity index (χ1) is 8.69. The molecule has 0 fully saturated rings. The van der Waals surface area contributed by atoms with E-state index >= 15 is 0 Å². The molecule has 1 rings (SSSR count). The lowest BCUT2D eigenvalue weighted by Crippen LogP contribution is -2.10. The van der Waals surface area contributed by atoms with Gasteiger partial charge in [-0.15, -0.1) is 0 Å². The number of benzene rings is 1. The molecule has 96 valence electrons. The van der Waals surface area contributed by atoms with Crippen LogP contribution in [0.5, 0.6) is 5.75 Å².